The number of hydrogen-bond acceptors (Lipinski definition) is 7. The van der Waals surface area contributed by atoms with Crippen LogP contribution in [-0.4, -0.2) is 48.0 Å². The second-order valence-electron chi connectivity index (χ2n) is 7.45. The minimum absolute atomic E-state index is 0.110. The van der Waals surface area contributed by atoms with Gasteiger partial charge in [-0.05, 0) is 43.4 Å². The molecule has 0 unspecified atom stereocenters. The SMILES string of the molecule is COc1ccc(CN2C(=O)N[C@H](CCC(=O)Nc3nc4c(s3)CCC4)C2=O)cc1OC. The van der Waals surface area contributed by atoms with Gasteiger partial charge in [0.1, 0.15) is 6.04 Å². The summed E-state index contributed by atoms with van der Waals surface area (Å²) in [6, 6.07) is 4.03. The Bertz CT molecular complexity index is 1000. The Hall–Kier alpha value is -3.14. The standard InChI is InChI=1S/C21H24N4O5S/c1-29-15-8-6-12(10-16(15)30-2)11-25-19(27)14(23-21(25)28)7-9-18(26)24-20-22-13-4-3-5-17(13)31-20/h6,8,10,14H,3-5,7,9,11H2,1-2H3,(H,23,28)(H,22,24,26)/t14-/m1/s1. The van der Waals surface area contributed by atoms with E-state index in [-0.39, 0.29) is 31.2 Å². The van der Waals surface area contributed by atoms with Crippen LogP contribution >= 0.6 is 11.3 Å². The number of thiazole rings is 1. The van der Waals surface area contributed by atoms with Crippen molar-refractivity contribution in [2.45, 2.75) is 44.7 Å². The molecule has 1 aliphatic carbocycles. The predicted molar refractivity (Wildman–Crippen MR) is 114 cm³/mol. The van der Waals surface area contributed by atoms with Crippen molar-refractivity contribution < 1.29 is 23.9 Å². The van der Waals surface area contributed by atoms with E-state index in [0.717, 1.165) is 35.4 Å². The zero-order chi connectivity index (χ0) is 22.0. The van der Waals surface area contributed by atoms with Gasteiger partial charge >= 0.3 is 6.03 Å². The molecule has 2 heterocycles. The van der Waals surface area contributed by atoms with Crippen molar-refractivity contribution in [1.29, 1.82) is 0 Å². The van der Waals surface area contributed by atoms with Crippen LogP contribution in [0.4, 0.5) is 9.93 Å². The number of amides is 4. The van der Waals surface area contributed by atoms with E-state index >= 15 is 0 Å². The average molecular weight is 445 g/mol. The van der Waals surface area contributed by atoms with Gasteiger partial charge in [0.2, 0.25) is 5.91 Å². The third-order valence-electron chi connectivity index (χ3n) is 5.40. The molecule has 9 nitrogen and oxygen atoms in total. The van der Waals surface area contributed by atoms with Gasteiger partial charge in [0.25, 0.3) is 5.91 Å². The Labute approximate surface area is 183 Å². The number of urea groups is 1. The lowest BCUT2D eigenvalue weighted by Gasteiger charge is -2.15. The fraction of sp³-hybridized carbons (Fsp3) is 0.429. The highest BCUT2D eigenvalue weighted by Crippen LogP contribution is 2.31. The Morgan fingerprint density at radius 1 is 1.26 bits per heavy atom. The van der Waals surface area contributed by atoms with Crippen LogP contribution in [0.3, 0.4) is 0 Å². The van der Waals surface area contributed by atoms with E-state index in [1.165, 1.54) is 30.4 Å². The molecule has 0 spiro atoms. The maximum Gasteiger partial charge on any atom is 0.325 e. The van der Waals surface area contributed by atoms with Crippen molar-refractivity contribution in [2.24, 2.45) is 0 Å². The minimum atomic E-state index is -0.723. The normalized spacial score (nSPS) is 17.5. The highest BCUT2D eigenvalue weighted by atomic mass is 32.1. The number of aryl methyl sites for hydroxylation is 2. The summed E-state index contributed by atoms with van der Waals surface area (Å²) < 4.78 is 10.5. The van der Waals surface area contributed by atoms with E-state index in [2.05, 4.69) is 15.6 Å². The molecule has 31 heavy (non-hydrogen) atoms. The molecule has 4 amide bonds. The van der Waals surface area contributed by atoms with Gasteiger partial charge < -0.3 is 20.1 Å². The third kappa shape index (κ3) is 4.48. The number of imide groups is 1. The van der Waals surface area contributed by atoms with Gasteiger partial charge in [-0.25, -0.2) is 9.78 Å². The van der Waals surface area contributed by atoms with Crippen LogP contribution in [0.15, 0.2) is 18.2 Å². The van der Waals surface area contributed by atoms with Crippen LogP contribution in [0.1, 0.15) is 35.4 Å². The van der Waals surface area contributed by atoms with Crippen molar-refractivity contribution in [3.63, 3.8) is 0 Å². The van der Waals surface area contributed by atoms with E-state index in [0.29, 0.717) is 16.6 Å². The molecule has 1 saturated heterocycles. The molecule has 2 N–H and O–H groups in total. The first-order valence-corrected chi connectivity index (χ1v) is 10.9. The molecule has 164 valence electrons. The summed E-state index contributed by atoms with van der Waals surface area (Å²) in [5.41, 5.74) is 1.81. The molecule has 1 aromatic heterocycles. The number of benzene rings is 1. The fourth-order valence-corrected chi connectivity index (χ4v) is 4.85. The molecule has 2 aromatic rings. The molecule has 0 bridgehead atoms. The maximum atomic E-state index is 12.7. The lowest BCUT2D eigenvalue weighted by atomic mass is 10.1. The summed E-state index contributed by atoms with van der Waals surface area (Å²) in [5, 5.41) is 6.07. The van der Waals surface area contributed by atoms with Crippen molar-refractivity contribution in [1.82, 2.24) is 15.2 Å². The van der Waals surface area contributed by atoms with Crippen molar-refractivity contribution in [3.8, 4) is 11.5 Å². The number of ether oxygens (including phenoxy) is 2. The lowest BCUT2D eigenvalue weighted by Crippen LogP contribution is -2.31. The van der Waals surface area contributed by atoms with Crippen LogP contribution < -0.4 is 20.1 Å². The number of nitrogens with zero attached hydrogens (tertiary/aromatic N) is 2. The second kappa shape index (κ2) is 8.93. The number of methoxy groups -OCH3 is 2. The lowest BCUT2D eigenvalue weighted by molar-refractivity contribution is -0.128. The third-order valence-corrected chi connectivity index (χ3v) is 6.47. The molecule has 10 heteroatoms. The van der Waals surface area contributed by atoms with E-state index in [4.69, 9.17) is 9.47 Å². The van der Waals surface area contributed by atoms with Crippen molar-refractivity contribution in [3.05, 3.63) is 34.3 Å². The topological polar surface area (TPSA) is 110 Å². The number of fused-ring (bicyclic) bond motifs is 1. The Balaban J connectivity index is 1.32. The van der Waals surface area contributed by atoms with E-state index < -0.39 is 12.1 Å². The summed E-state index contributed by atoms with van der Waals surface area (Å²) in [6.45, 7) is 0.110. The van der Waals surface area contributed by atoms with E-state index in [1.54, 1.807) is 18.2 Å². The number of carbonyl (C=O) groups excluding carboxylic acids is 3. The highest BCUT2D eigenvalue weighted by Gasteiger charge is 2.38. The van der Waals surface area contributed by atoms with Crippen molar-refractivity contribution >= 4 is 34.3 Å². The number of hydrogen-bond donors (Lipinski definition) is 2. The average Bonchev–Trinajstić information content (AvgIpc) is 3.42. The van der Waals surface area contributed by atoms with E-state index in [9.17, 15) is 14.4 Å². The van der Waals surface area contributed by atoms with Gasteiger partial charge in [-0.15, -0.1) is 11.3 Å². The van der Waals surface area contributed by atoms with Crippen LogP contribution in [0.25, 0.3) is 0 Å². The number of carbonyl (C=O) groups is 3. The molecule has 1 aliphatic heterocycles. The molecule has 1 atom stereocenters. The van der Waals surface area contributed by atoms with Crippen molar-refractivity contribution in [2.75, 3.05) is 19.5 Å². The van der Waals surface area contributed by atoms with Crippen LogP contribution in [0, 0.1) is 0 Å². The summed E-state index contributed by atoms with van der Waals surface area (Å²) in [5.74, 6) is 0.528. The van der Waals surface area contributed by atoms with Crippen LogP contribution in [0.5, 0.6) is 11.5 Å². The number of anilines is 1. The maximum absolute atomic E-state index is 12.7. The summed E-state index contributed by atoms with van der Waals surface area (Å²) in [4.78, 5) is 44.1. The Kier molecular flexibility index (Phi) is 6.08. The molecule has 1 aromatic carbocycles. The quantitative estimate of drug-likeness (QED) is 0.606. The monoisotopic (exact) mass is 444 g/mol. The molecule has 0 saturated carbocycles. The summed E-state index contributed by atoms with van der Waals surface area (Å²) in [7, 11) is 3.06. The van der Waals surface area contributed by atoms with Crippen LogP contribution in [0.2, 0.25) is 0 Å². The zero-order valence-corrected chi connectivity index (χ0v) is 18.2. The second-order valence-corrected chi connectivity index (χ2v) is 8.53. The number of rotatable bonds is 8. The summed E-state index contributed by atoms with van der Waals surface area (Å²) >= 11 is 1.51. The first-order valence-electron chi connectivity index (χ1n) is 10.1. The smallest absolute Gasteiger partial charge is 0.325 e. The van der Waals surface area contributed by atoms with E-state index in [1.807, 2.05) is 0 Å². The largest absolute Gasteiger partial charge is 0.493 e. The number of nitrogens with one attached hydrogen (secondary N) is 2. The van der Waals surface area contributed by atoms with Gasteiger partial charge in [-0.3, -0.25) is 14.5 Å². The predicted octanol–water partition coefficient (Wildman–Crippen LogP) is 2.49. The first kappa shape index (κ1) is 21.1. The molecule has 2 aliphatic rings. The zero-order valence-electron chi connectivity index (χ0n) is 17.4. The Morgan fingerprint density at radius 3 is 2.81 bits per heavy atom. The molecular weight excluding hydrogens is 420 g/mol. The van der Waals surface area contributed by atoms with Gasteiger partial charge in [-0.2, -0.15) is 0 Å². The minimum Gasteiger partial charge on any atom is -0.493 e. The highest BCUT2D eigenvalue weighted by molar-refractivity contribution is 7.15. The molecule has 4 rings (SSSR count). The van der Waals surface area contributed by atoms with Gasteiger partial charge in [0.05, 0.1) is 26.5 Å². The van der Waals surface area contributed by atoms with Crippen LogP contribution in [-0.2, 0) is 29.0 Å². The number of aromatic nitrogens is 1. The van der Waals surface area contributed by atoms with Gasteiger partial charge in [0, 0.05) is 11.3 Å². The fourth-order valence-electron chi connectivity index (χ4n) is 3.78. The Morgan fingerprint density at radius 2 is 2.06 bits per heavy atom. The summed E-state index contributed by atoms with van der Waals surface area (Å²) in [6.07, 6.45) is 3.43. The molecule has 1 fully saturated rings. The van der Waals surface area contributed by atoms with Gasteiger partial charge in [-0.1, -0.05) is 6.07 Å². The first-order chi connectivity index (χ1) is 15.0. The molecule has 0 radical (unpaired) electrons. The molecular formula is C21H24N4O5S. The van der Waals surface area contributed by atoms with Gasteiger partial charge in [0.15, 0.2) is 16.6 Å².